The Kier molecular flexibility index (Phi) is 2.54. The first-order valence-corrected chi connectivity index (χ1v) is 5.77. The first kappa shape index (κ1) is 10.6. The van der Waals surface area contributed by atoms with Gasteiger partial charge in [-0.3, -0.25) is 4.79 Å². The van der Waals surface area contributed by atoms with Crippen molar-refractivity contribution in [1.29, 1.82) is 0 Å². The van der Waals surface area contributed by atoms with Crippen LogP contribution in [0.4, 0.5) is 4.39 Å². The van der Waals surface area contributed by atoms with Gasteiger partial charge in [0.25, 0.3) is 0 Å². The Bertz CT molecular complexity index is 407. The van der Waals surface area contributed by atoms with Gasteiger partial charge in [-0.15, -0.1) is 0 Å². The SMILES string of the molecule is O=C(O)[C@@H]1C[C@@]1(CBr)c1cccc(F)c1. The van der Waals surface area contributed by atoms with Gasteiger partial charge in [0, 0.05) is 10.7 Å². The van der Waals surface area contributed by atoms with E-state index in [2.05, 4.69) is 15.9 Å². The molecule has 1 aromatic rings. The second-order valence-corrected chi connectivity index (χ2v) is 4.46. The molecule has 1 aromatic carbocycles. The molecule has 0 radical (unpaired) electrons. The molecule has 0 unspecified atom stereocenters. The van der Waals surface area contributed by atoms with Crippen molar-refractivity contribution in [2.24, 2.45) is 5.92 Å². The number of hydrogen-bond acceptors (Lipinski definition) is 1. The number of aliphatic carboxylic acids is 1. The number of carboxylic acid groups (broad SMARTS) is 1. The molecule has 0 aliphatic heterocycles. The fourth-order valence-corrected chi connectivity index (χ4v) is 2.91. The smallest absolute Gasteiger partial charge is 0.307 e. The van der Waals surface area contributed by atoms with Crippen molar-refractivity contribution in [3.05, 3.63) is 35.6 Å². The van der Waals surface area contributed by atoms with Crippen LogP contribution in [-0.4, -0.2) is 16.4 Å². The number of carbonyl (C=O) groups is 1. The standard InChI is InChI=1S/C11H10BrFO2/c12-6-11(5-9(11)10(14)15)7-2-1-3-8(13)4-7/h1-4,9H,5-6H2,(H,14,15)/t9-,11+/m0/s1. The number of alkyl halides is 1. The highest BCUT2D eigenvalue weighted by molar-refractivity contribution is 9.09. The zero-order valence-corrected chi connectivity index (χ0v) is 9.50. The molecular formula is C11H10BrFO2. The molecule has 2 rings (SSSR count). The van der Waals surface area contributed by atoms with Crippen LogP contribution < -0.4 is 0 Å². The van der Waals surface area contributed by atoms with Crippen molar-refractivity contribution in [2.45, 2.75) is 11.8 Å². The Morgan fingerprint density at radius 3 is 2.87 bits per heavy atom. The van der Waals surface area contributed by atoms with Crippen molar-refractivity contribution < 1.29 is 14.3 Å². The molecule has 4 heteroatoms. The largest absolute Gasteiger partial charge is 0.481 e. The molecule has 0 saturated heterocycles. The highest BCUT2D eigenvalue weighted by Gasteiger charge is 2.58. The van der Waals surface area contributed by atoms with Gasteiger partial charge in [0.1, 0.15) is 5.82 Å². The van der Waals surface area contributed by atoms with Crippen LogP contribution >= 0.6 is 15.9 Å². The molecule has 2 nitrogen and oxygen atoms in total. The summed E-state index contributed by atoms with van der Waals surface area (Å²) >= 11 is 3.32. The predicted molar refractivity (Wildman–Crippen MR) is 57.6 cm³/mol. The van der Waals surface area contributed by atoms with Crippen LogP contribution in [0.1, 0.15) is 12.0 Å². The minimum absolute atomic E-state index is 0.316. The van der Waals surface area contributed by atoms with Gasteiger partial charge in [0.15, 0.2) is 0 Å². The van der Waals surface area contributed by atoms with E-state index in [0.29, 0.717) is 11.8 Å². The average Bonchev–Trinajstić information content (AvgIpc) is 2.93. The van der Waals surface area contributed by atoms with E-state index in [1.54, 1.807) is 12.1 Å². The molecule has 1 aliphatic carbocycles. The van der Waals surface area contributed by atoms with E-state index in [1.807, 2.05) is 0 Å². The monoisotopic (exact) mass is 272 g/mol. The second-order valence-electron chi connectivity index (χ2n) is 3.90. The number of benzene rings is 1. The first-order chi connectivity index (χ1) is 7.10. The van der Waals surface area contributed by atoms with Crippen LogP contribution in [0.2, 0.25) is 0 Å². The minimum atomic E-state index is -0.807. The Morgan fingerprint density at radius 1 is 1.67 bits per heavy atom. The number of rotatable bonds is 3. The molecule has 0 spiro atoms. The van der Waals surface area contributed by atoms with Gasteiger partial charge < -0.3 is 5.11 Å². The Morgan fingerprint density at radius 2 is 2.40 bits per heavy atom. The lowest BCUT2D eigenvalue weighted by Crippen LogP contribution is -2.16. The maximum absolute atomic E-state index is 13.0. The third kappa shape index (κ3) is 1.67. The summed E-state index contributed by atoms with van der Waals surface area (Å²) < 4.78 is 13.0. The van der Waals surface area contributed by atoms with Crippen LogP contribution in [0.15, 0.2) is 24.3 Å². The maximum atomic E-state index is 13.0. The number of carboxylic acids is 1. The lowest BCUT2D eigenvalue weighted by molar-refractivity contribution is -0.138. The highest BCUT2D eigenvalue weighted by atomic mass is 79.9. The van der Waals surface area contributed by atoms with Crippen molar-refractivity contribution in [2.75, 3.05) is 5.33 Å². The van der Waals surface area contributed by atoms with E-state index >= 15 is 0 Å². The average molecular weight is 273 g/mol. The Balaban J connectivity index is 2.34. The molecule has 0 heterocycles. The third-order valence-electron chi connectivity index (χ3n) is 3.01. The predicted octanol–water partition coefficient (Wildman–Crippen LogP) is 2.56. The summed E-state index contributed by atoms with van der Waals surface area (Å²) in [6.07, 6.45) is 0.580. The van der Waals surface area contributed by atoms with Gasteiger partial charge >= 0.3 is 5.97 Å². The summed E-state index contributed by atoms with van der Waals surface area (Å²) in [5, 5.41) is 9.49. The molecule has 1 aliphatic rings. The molecule has 0 bridgehead atoms. The van der Waals surface area contributed by atoms with Crippen LogP contribution in [-0.2, 0) is 10.2 Å². The van der Waals surface area contributed by atoms with Gasteiger partial charge in [0.05, 0.1) is 5.92 Å². The maximum Gasteiger partial charge on any atom is 0.307 e. The molecule has 15 heavy (non-hydrogen) atoms. The van der Waals surface area contributed by atoms with Crippen molar-refractivity contribution in [1.82, 2.24) is 0 Å². The summed E-state index contributed by atoms with van der Waals surface area (Å²) in [5.74, 6) is -1.51. The number of halogens is 2. The lowest BCUT2D eigenvalue weighted by Gasteiger charge is -2.13. The normalized spacial score (nSPS) is 28.8. The summed E-state index contributed by atoms with van der Waals surface area (Å²) in [7, 11) is 0. The van der Waals surface area contributed by atoms with Gasteiger partial charge in [-0.05, 0) is 24.1 Å². The van der Waals surface area contributed by atoms with Crippen molar-refractivity contribution in [3.8, 4) is 0 Å². The molecule has 0 aromatic heterocycles. The molecule has 0 amide bonds. The van der Waals surface area contributed by atoms with E-state index in [4.69, 9.17) is 5.11 Å². The van der Waals surface area contributed by atoms with Gasteiger partial charge in [-0.25, -0.2) is 4.39 Å². The van der Waals surface area contributed by atoms with Gasteiger partial charge in [0.2, 0.25) is 0 Å². The third-order valence-corrected chi connectivity index (χ3v) is 4.01. The second kappa shape index (κ2) is 3.59. The number of hydrogen-bond donors (Lipinski definition) is 1. The summed E-state index contributed by atoms with van der Waals surface area (Å²) in [6.45, 7) is 0. The van der Waals surface area contributed by atoms with Gasteiger partial charge in [-0.2, -0.15) is 0 Å². The highest BCUT2D eigenvalue weighted by Crippen LogP contribution is 2.55. The molecule has 1 saturated carbocycles. The van der Waals surface area contributed by atoms with E-state index in [1.165, 1.54) is 12.1 Å². The summed E-state index contributed by atoms with van der Waals surface area (Å²) in [5.41, 5.74) is 0.361. The van der Waals surface area contributed by atoms with Crippen LogP contribution in [0.5, 0.6) is 0 Å². The molecule has 1 N–H and O–H groups in total. The van der Waals surface area contributed by atoms with Crippen LogP contribution in [0.25, 0.3) is 0 Å². The summed E-state index contributed by atoms with van der Waals surface area (Å²) in [4.78, 5) is 10.9. The van der Waals surface area contributed by atoms with Crippen molar-refractivity contribution >= 4 is 21.9 Å². The van der Waals surface area contributed by atoms with E-state index in [9.17, 15) is 9.18 Å². The van der Waals surface area contributed by atoms with E-state index in [0.717, 1.165) is 5.56 Å². The molecule has 1 fully saturated rings. The zero-order valence-electron chi connectivity index (χ0n) is 7.91. The van der Waals surface area contributed by atoms with E-state index < -0.39 is 17.3 Å². The molecule has 80 valence electrons. The molecular weight excluding hydrogens is 263 g/mol. The van der Waals surface area contributed by atoms with Crippen LogP contribution in [0.3, 0.4) is 0 Å². The molecule has 2 atom stereocenters. The Hall–Kier alpha value is -0.900. The first-order valence-electron chi connectivity index (χ1n) is 4.65. The van der Waals surface area contributed by atoms with Crippen LogP contribution in [0, 0.1) is 11.7 Å². The topological polar surface area (TPSA) is 37.3 Å². The quantitative estimate of drug-likeness (QED) is 0.859. The van der Waals surface area contributed by atoms with Gasteiger partial charge in [-0.1, -0.05) is 28.1 Å². The van der Waals surface area contributed by atoms with Crippen molar-refractivity contribution in [3.63, 3.8) is 0 Å². The lowest BCUT2D eigenvalue weighted by atomic mass is 9.95. The fraction of sp³-hybridized carbons (Fsp3) is 0.364. The minimum Gasteiger partial charge on any atom is -0.481 e. The summed E-state index contributed by atoms with van der Waals surface area (Å²) in [6, 6.07) is 6.19. The zero-order chi connectivity index (χ0) is 11.1. The Labute approximate surface area is 95.2 Å². The van der Waals surface area contributed by atoms with E-state index in [-0.39, 0.29) is 5.82 Å². The fourth-order valence-electron chi connectivity index (χ4n) is 1.97.